The number of nitrogens with zero attached hydrogens (tertiary/aromatic N) is 6. The van der Waals surface area contributed by atoms with Gasteiger partial charge in [-0.15, -0.1) is 0 Å². The summed E-state index contributed by atoms with van der Waals surface area (Å²) in [4.78, 5) is 74.6. The molecule has 386 valence electrons. The molecule has 6 aromatic rings. The molecule has 4 aromatic carbocycles. The molecule has 4 fully saturated rings. The third kappa shape index (κ3) is 9.56. The number of hydrogen-bond acceptors (Lipinski definition) is 10. The van der Waals surface area contributed by atoms with E-state index in [0.717, 1.165) is 128 Å². The number of aromatic nitrogens is 4. The van der Waals surface area contributed by atoms with Crippen LogP contribution >= 0.6 is 0 Å². The monoisotopic (exact) mass is 1010 g/mol. The maximum atomic E-state index is 14.3. The average Bonchev–Trinajstić information content (AvgIpc) is 4.25. The smallest absolute Gasteiger partial charge is 0.407 e. The number of methoxy groups -OCH3 is 2. The largest absolute Gasteiger partial charge is 0.453 e. The van der Waals surface area contributed by atoms with Crippen molar-refractivity contribution in [3.8, 4) is 34.4 Å². The Labute approximate surface area is 436 Å². The first-order valence-electron chi connectivity index (χ1n) is 26.8. The van der Waals surface area contributed by atoms with Gasteiger partial charge in [0.05, 0.1) is 73.4 Å². The minimum atomic E-state index is -1.02. The number of aromatic amines is 2. The van der Waals surface area contributed by atoms with Crippen LogP contribution in [0.2, 0.25) is 0 Å². The molecule has 16 nitrogen and oxygen atoms in total. The highest BCUT2D eigenvalue weighted by Crippen LogP contribution is 2.48. The Hall–Kier alpha value is -7.72. The fourth-order valence-electron chi connectivity index (χ4n) is 13.4. The first-order valence-corrected chi connectivity index (χ1v) is 26.8. The molecule has 0 unspecified atom stereocenters. The van der Waals surface area contributed by atoms with Crippen molar-refractivity contribution >= 4 is 46.1 Å². The molecule has 9 atom stereocenters. The number of rotatable bonds is 10. The van der Waals surface area contributed by atoms with Crippen LogP contribution in [0.15, 0.2) is 72.8 Å². The van der Waals surface area contributed by atoms with Crippen LogP contribution in [0, 0.1) is 34.5 Å². The SMILES string of the molecule is COC(=O)N[C@@H](CC#N)C(=O)N1[C@H](c2nc3cc(-c4cc5ccc4CCc4ccc(c(-c6ccc7[nH]c([C@@H]8C[C@@H]9CCCC[C@@H]9N8C(=O)[C@H](CC#N)NC(=O)OC)nc7c6)c4)C[C@H]5C)ccc3[nH]2)C[C@@H]2CCCC[C@@H]21. The van der Waals surface area contributed by atoms with Gasteiger partial charge in [0, 0.05) is 12.1 Å². The fourth-order valence-corrected chi connectivity index (χ4v) is 13.4. The number of hydrogen-bond donors (Lipinski definition) is 4. The second-order valence-corrected chi connectivity index (χ2v) is 21.5. The Morgan fingerprint density at radius 3 is 1.68 bits per heavy atom. The summed E-state index contributed by atoms with van der Waals surface area (Å²) in [6.45, 7) is 2.29. The summed E-state index contributed by atoms with van der Waals surface area (Å²) in [5.41, 5.74) is 12.9. The molecule has 14 rings (SSSR count). The van der Waals surface area contributed by atoms with Crippen LogP contribution < -0.4 is 10.6 Å². The summed E-state index contributed by atoms with van der Waals surface area (Å²) in [6, 6.07) is 28.1. The number of imidazole rings is 2. The van der Waals surface area contributed by atoms with Crippen LogP contribution in [0.5, 0.6) is 0 Å². The first-order chi connectivity index (χ1) is 36.5. The zero-order chi connectivity index (χ0) is 51.9. The lowest BCUT2D eigenvalue weighted by molar-refractivity contribution is -0.138. The van der Waals surface area contributed by atoms with Gasteiger partial charge in [-0.05, 0) is 144 Å². The predicted molar refractivity (Wildman–Crippen MR) is 282 cm³/mol. The van der Waals surface area contributed by atoms with Crippen molar-refractivity contribution < 1.29 is 28.7 Å². The van der Waals surface area contributed by atoms with E-state index in [0.29, 0.717) is 11.8 Å². The molecule has 75 heavy (non-hydrogen) atoms. The first kappa shape index (κ1) is 49.5. The van der Waals surface area contributed by atoms with Crippen molar-refractivity contribution in [1.82, 2.24) is 40.4 Å². The van der Waals surface area contributed by atoms with Crippen LogP contribution in [0.4, 0.5) is 9.59 Å². The number of alkyl carbamates (subject to hydrolysis) is 2. The number of amides is 4. The topological polar surface area (TPSA) is 222 Å². The third-order valence-corrected chi connectivity index (χ3v) is 17.2. The quantitative estimate of drug-likeness (QED) is 0.102. The Morgan fingerprint density at radius 2 is 1.16 bits per heavy atom. The second kappa shape index (κ2) is 20.9. The predicted octanol–water partition coefficient (Wildman–Crippen LogP) is 10.2. The van der Waals surface area contributed by atoms with Crippen molar-refractivity contribution in [2.24, 2.45) is 11.8 Å². The number of nitrogens with one attached hydrogen (secondary N) is 4. The summed E-state index contributed by atoms with van der Waals surface area (Å²) in [5, 5.41) is 24.5. The highest BCUT2D eigenvalue weighted by molar-refractivity contribution is 5.89. The van der Waals surface area contributed by atoms with E-state index in [9.17, 15) is 29.7 Å². The zero-order valence-electron chi connectivity index (χ0n) is 42.9. The number of likely N-dealkylation sites (tertiary alicyclic amines) is 2. The normalized spacial score (nSPS) is 23.8. The van der Waals surface area contributed by atoms with Crippen LogP contribution in [0.25, 0.3) is 44.3 Å². The summed E-state index contributed by atoms with van der Waals surface area (Å²) in [6.07, 6.45) is 10.2. The Morgan fingerprint density at radius 1 is 0.653 bits per heavy atom. The molecule has 4 heterocycles. The molecule has 2 saturated carbocycles. The van der Waals surface area contributed by atoms with Crippen molar-refractivity contribution in [2.45, 2.75) is 145 Å². The number of carbonyl (C=O) groups is 4. The number of aryl methyl sites for hydroxylation is 2. The summed E-state index contributed by atoms with van der Waals surface area (Å²) < 4.78 is 9.65. The number of H-pyrrole nitrogens is 2. The number of fused-ring (bicyclic) bond motifs is 4. The standard InChI is InChI=1S/C59H64N10O6/c1-33-26-37-15-13-34(27-42(37)38-18-20-44-48(29-38)64-54(62-44)52-31-40-8-4-6-10-50(40)68(52)56(70)46(22-24-60)66-58(72)74-2)12-14-35-16-17-36(33)28-43(35)39-19-21-45-49(30-39)65-55(63-45)53-32-41-9-5-7-11-51(41)69(53)57(71)47(23-25-61)67-59(73)75-3/h13,15-21,27-30,33,40-41,46-47,50-53H,4-12,14,22-23,26,31-32H2,1-3H3,(H,62,64)(H,63,65)(H,66,72)(H,67,73)/t33-,40+,41+,46+,47+,50+,51+,52+,53+/m1/s1. The summed E-state index contributed by atoms with van der Waals surface area (Å²) in [5.74, 6) is 1.69. The number of carbonyl (C=O) groups excluding carboxylic acids is 4. The van der Waals surface area contributed by atoms with Crippen molar-refractivity contribution in [1.29, 1.82) is 10.5 Å². The Balaban J connectivity index is 0.861. The van der Waals surface area contributed by atoms with E-state index in [1.165, 1.54) is 47.6 Å². The number of ether oxygens (including phenoxy) is 2. The lowest BCUT2D eigenvalue weighted by Crippen LogP contribution is -2.51. The van der Waals surface area contributed by atoms with Crippen LogP contribution in [-0.2, 0) is 38.3 Å². The van der Waals surface area contributed by atoms with Crippen molar-refractivity contribution in [3.63, 3.8) is 0 Å². The van der Waals surface area contributed by atoms with Crippen molar-refractivity contribution in [2.75, 3.05) is 14.2 Å². The minimum Gasteiger partial charge on any atom is -0.453 e. The molecular weight excluding hydrogens is 945 g/mol. The Bertz CT molecular complexity index is 3280. The van der Waals surface area contributed by atoms with Gasteiger partial charge in [0.25, 0.3) is 0 Å². The van der Waals surface area contributed by atoms with Gasteiger partial charge in [-0.2, -0.15) is 10.5 Å². The summed E-state index contributed by atoms with van der Waals surface area (Å²) >= 11 is 0. The van der Waals surface area contributed by atoms with Crippen LogP contribution in [0.1, 0.15) is 136 Å². The molecule has 0 radical (unpaired) electrons. The van der Waals surface area contributed by atoms with Gasteiger partial charge in [-0.3, -0.25) is 9.59 Å². The van der Waals surface area contributed by atoms with Gasteiger partial charge in [0.2, 0.25) is 11.8 Å². The van der Waals surface area contributed by atoms with Gasteiger partial charge >= 0.3 is 12.2 Å². The van der Waals surface area contributed by atoms with Crippen LogP contribution in [-0.4, -0.2) is 92.1 Å². The average molecular weight is 1010 g/mol. The lowest BCUT2D eigenvalue weighted by atomic mass is 9.84. The highest BCUT2D eigenvalue weighted by atomic mass is 16.5. The third-order valence-electron chi connectivity index (χ3n) is 17.2. The lowest BCUT2D eigenvalue weighted by Gasteiger charge is -2.35. The molecule has 6 aliphatic carbocycles. The maximum absolute atomic E-state index is 14.3. The van der Waals surface area contributed by atoms with Gasteiger partial charge in [0.1, 0.15) is 23.7 Å². The van der Waals surface area contributed by atoms with Gasteiger partial charge < -0.3 is 39.9 Å². The van der Waals surface area contributed by atoms with E-state index in [4.69, 9.17) is 19.4 Å². The molecule has 4 N–H and O–H groups in total. The number of nitriles is 2. The van der Waals surface area contributed by atoms with Crippen LogP contribution in [0.3, 0.4) is 0 Å². The maximum Gasteiger partial charge on any atom is 0.407 e. The molecule has 8 aliphatic rings. The molecule has 2 saturated heterocycles. The molecular formula is C59H64N10O6. The zero-order valence-corrected chi connectivity index (χ0v) is 42.9. The van der Waals surface area contributed by atoms with Gasteiger partial charge in [-0.25, -0.2) is 19.6 Å². The molecule has 16 heteroatoms. The fraction of sp³-hybridized carbons (Fsp3) is 0.458. The van der Waals surface area contributed by atoms with E-state index >= 15 is 0 Å². The summed E-state index contributed by atoms with van der Waals surface area (Å²) in [7, 11) is 2.50. The molecule has 4 bridgehead atoms. The van der Waals surface area contributed by atoms with E-state index in [1.54, 1.807) is 0 Å². The highest BCUT2D eigenvalue weighted by Gasteiger charge is 2.49. The molecule has 0 spiro atoms. The number of benzene rings is 4. The molecule has 2 aliphatic heterocycles. The second-order valence-electron chi connectivity index (χ2n) is 21.5. The molecule has 4 amide bonds. The van der Waals surface area contributed by atoms with Gasteiger partial charge in [0.15, 0.2) is 0 Å². The van der Waals surface area contributed by atoms with E-state index in [1.807, 2.05) is 9.80 Å². The van der Waals surface area contributed by atoms with E-state index in [-0.39, 0.29) is 54.7 Å². The van der Waals surface area contributed by atoms with Crippen molar-refractivity contribution in [3.05, 3.63) is 107 Å². The molecule has 2 aromatic heterocycles. The minimum absolute atomic E-state index is 0.00845. The van der Waals surface area contributed by atoms with E-state index in [2.05, 4.69) is 112 Å². The Kier molecular flexibility index (Phi) is 13.8. The van der Waals surface area contributed by atoms with E-state index < -0.39 is 24.3 Å². The van der Waals surface area contributed by atoms with Gasteiger partial charge in [-0.1, -0.05) is 81.1 Å².